The molecule has 1 aliphatic heterocycles. The summed E-state index contributed by atoms with van der Waals surface area (Å²) in [6, 6.07) is 7.47. The zero-order chi connectivity index (χ0) is 15.5. The van der Waals surface area contributed by atoms with Gasteiger partial charge in [0.15, 0.2) is 0 Å². The number of hydrogen-bond acceptors (Lipinski definition) is 4. The van der Waals surface area contributed by atoms with Crippen LogP contribution in [-0.4, -0.2) is 41.5 Å². The van der Waals surface area contributed by atoms with Crippen LogP contribution in [0.3, 0.4) is 0 Å². The van der Waals surface area contributed by atoms with E-state index in [9.17, 15) is 4.79 Å². The third-order valence-corrected chi connectivity index (χ3v) is 4.05. The Balaban J connectivity index is 0.00000192. The number of carbonyl (C=O) groups excluding carboxylic acids is 1. The molecule has 1 amide bonds. The molecule has 7 heteroatoms. The summed E-state index contributed by atoms with van der Waals surface area (Å²) in [6.45, 7) is 4.46. The van der Waals surface area contributed by atoms with Crippen LogP contribution in [0.15, 0.2) is 34.9 Å². The lowest BCUT2D eigenvalue weighted by atomic mass is 10.2. The molecule has 2 heterocycles. The standard InChI is InChI=1S/C16H18ClN3O2.ClH/c1-11-9-18-6-7-20(11)15(21)8-14-10-22-16(19-14)12-2-4-13(17)5-3-12;/h2-5,10-11,18H,6-9H2,1H3;1H/t11-;/m0./s1. The fourth-order valence-electron chi connectivity index (χ4n) is 2.58. The largest absolute Gasteiger partial charge is 0.444 e. The first-order chi connectivity index (χ1) is 10.6. The van der Waals surface area contributed by atoms with Crippen LogP contribution >= 0.6 is 24.0 Å². The van der Waals surface area contributed by atoms with Crippen molar-refractivity contribution in [2.45, 2.75) is 19.4 Å². The van der Waals surface area contributed by atoms with E-state index in [1.165, 1.54) is 0 Å². The van der Waals surface area contributed by atoms with E-state index in [4.69, 9.17) is 16.0 Å². The van der Waals surface area contributed by atoms with Gasteiger partial charge in [-0.2, -0.15) is 0 Å². The summed E-state index contributed by atoms with van der Waals surface area (Å²) in [4.78, 5) is 18.7. The van der Waals surface area contributed by atoms with Crippen molar-refractivity contribution in [3.63, 3.8) is 0 Å². The average molecular weight is 356 g/mol. The van der Waals surface area contributed by atoms with Crippen LogP contribution in [0, 0.1) is 0 Å². The fourth-order valence-corrected chi connectivity index (χ4v) is 2.71. The molecule has 1 fully saturated rings. The summed E-state index contributed by atoms with van der Waals surface area (Å²) in [5.41, 5.74) is 1.50. The first kappa shape index (κ1) is 17.8. The van der Waals surface area contributed by atoms with Crippen molar-refractivity contribution in [2.24, 2.45) is 0 Å². The highest BCUT2D eigenvalue weighted by Crippen LogP contribution is 2.21. The normalized spacial score (nSPS) is 17.7. The van der Waals surface area contributed by atoms with Gasteiger partial charge in [-0.25, -0.2) is 4.98 Å². The molecule has 1 atom stereocenters. The monoisotopic (exact) mass is 355 g/mol. The third kappa shape index (κ3) is 4.25. The second-order valence-electron chi connectivity index (χ2n) is 5.47. The van der Waals surface area contributed by atoms with Crippen LogP contribution in [0.1, 0.15) is 12.6 Å². The van der Waals surface area contributed by atoms with Gasteiger partial charge in [-0.15, -0.1) is 12.4 Å². The Hall–Kier alpha value is -1.56. The SMILES string of the molecule is C[C@H]1CNCCN1C(=O)Cc1coc(-c2ccc(Cl)cc2)n1.Cl. The molecule has 0 aliphatic carbocycles. The van der Waals surface area contributed by atoms with Crippen molar-refractivity contribution in [1.82, 2.24) is 15.2 Å². The van der Waals surface area contributed by atoms with Gasteiger partial charge in [0.05, 0.1) is 12.1 Å². The highest BCUT2D eigenvalue weighted by atomic mass is 35.5. The van der Waals surface area contributed by atoms with Crippen LogP contribution < -0.4 is 5.32 Å². The van der Waals surface area contributed by atoms with Crippen molar-refractivity contribution < 1.29 is 9.21 Å². The second-order valence-corrected chi connectivity index (χ2v) is 5.90. The zero-order valence-corrected chi connectivity index (χ0v) is 14.4. The Morgan fingerprint density at radius 1 is 1.43 bits per heavy atom. The van der Waals surface area contributed by atoms with Gasteiger partial charge in [-0.1, -0.05) is 11.6 Å². The Morgan fingerprint density at radius 3 is 2.87 bits per heavy atom. The van der Waals surface area contributed by atoms with Gasteiger partial charge in [0.2, 0.25) is 11.8 Å². The molecular weight excluding hydrogens is 337 g/mol. The van der Waals surface area contributed by atoms with E-state index < -0.39 is 0 Å². The minimum Gasteiger partial charge on any atom is -0.444 e. The predicted octanol–water partition coefficient (Wildman–Crippen LogP) is 2.78. The Morgan fingerprint density at radius 2 is 2.17 bits per heavy atom. The number of nitrogens with one attached hydrogen (secondary N) is 1. The molecular formula is C16H19Cl2N3O2. The number of benzene rings is 1. The molecule has 1 saturated heterocycles. The van der Waals surface area contributed by atoms with E-state index >= 15 is 0 Å². The van der Waals surface area contributed by atoms with Crippen LogP contribution in [-0.2, 0) is 11.2 Å². The number of amides is 1. The third-order valence-electron chi connectivity index (χ3n) is 3.80. The maximum Gasteiger partial charge on any atom is 0.229 e. The number of piperazine rings is 1. The molecule has 2 aromatic rings. The number of oxazole rings is 1. The van der Waals surface area contributed by atoms with Crippen molar-refractivity contribution in [2.75, 3.05) is 19.6 Å². The first-order valence-electron chi connectivity index (χ1n) is 7.34. The molecule has 0 spiro atoms. The van der Waals surface area contributed by atoms with Crippen LogP contribution in [0.25, 0.3) is 11.5 Å². The molecule has 0 radical (unpaired) electrons. The van der Waals surface area contributed by atoms with Gasteiger partial charge in [0, 0.05) is 36.3 Å². The summed E-state index contributed by atoms with van der Waals surface area (Å²) < 4.78 is 5.47. The topological polar surface area (TPSA) is 58.4 Å². The summed E-state index contributed by atoms with van der Waals surface area (Å²) in [7, 11) is 0. The lowest BCUT2D eigenvalue weighted by Gasteiger charge is -2.33. The molecule has 5 nitrogen and oxygen atoms in total. The van der Waals surface area contributed by atoms with E-state index in [1.54, 1.807) is 18.4 Å². The van der Waals surface area contributed by atoms with Gasteiger partial charge in [0.25, 0.3) is 0 Å². The molecule has 0 bridgehead atoms. The Labute approximate surface area is 146 Å². The predicted molar refractivity (Wildman–Crippen MR) is 91.9 cm³/mol. The lowest BCUT2D eigenvalue weighted by Crippen LogP contribution is -2.52. The van der Waals surface area contributed by atoms with E-state index in [0.717, 1.165) is 25.2 Å². The number of rotatable bonds is 3. The van der Waals surface area contributed by atoms with Crippen LogP contribution in [0.2, 0.25) is 5.02 Å². The molecule has 0 saturated carbocycles. The van der Waals surface area contributed by atoms with Gasteiger partial charge < -0.3 is 14.6 Å². The smallest absolute Gasteiger partial charge is 0.229 e. The van der Waals surface area contributed by atoms with E-state index in [-0.39, 0.29) is 30.8 Å². The minimum absolute atomic E-state index is 0. The van der Waals surface area contributed by atoms with Crippen LogP contribution in [0.4, 0.5) is 0 Å². The van der Waals surface area contributed by atoms with Gasteiger partial charge in [0.1, 0.15) is 6.26 Å². The van der Waals surface area contributed by atoms with Crippen molar-refractivity contribution in [1.29, 1.82) is 0 Å². The van der Waals surface area contributed by atoms with Crippen LogP contribution in [0.5, 0.6) is 0 Å². The second kappa shape index (κ2) is 7.81. The number of aromatic nitrogens is 1. The summed E-state index contributed by atoms with van der Waals surface area (Å²) in [5, 5.41) is 3.94. The van der Waals surface area contributed by atoms with E-state index in [1.807, 2.05) is 24.0 Å². The van der Waals surface area contributed by atoms with Gasteiger partial charge in [-0.3, -0.25) is 4.79 Å². The highest BCUT2D eigenvalue weighted by Gasteiger charge is 2.23. The van der Waals surface area contributed by atoms with E-state index in [0.29, 0.717) is 16.6 Å². The Bertz CT molecular complexity index is 658. The molecule has 124 valence electrons. The molecule has 0 unspecified atom stereocenters. The van der Waals surface area contributed by atoms with Gasteiger partial charge >= 0.3 is 0 Å². The molecule has 1 aromatic carbocycles. The molecule has 3 rings (SSSR count). The average Bonchev–Trinajstić information content (AvgIpc) is 2.97. The Kier molecular flexibility index (Phi) is 6.04. The van der Waals surface area contributed by atoms with Crippen molar-refractivity contribution >= 4 is 29.9 Å². The summed E-state index contributed by atoms with van der Waals surface area (Å²) in [5.74, 6) is 0.595. The number of carbonyl (C=O) groups is 1. The fraction of sp³-hybridized carbons (Fsp3) is 0.375. The summed E-state index contributed by atoms with van der Waals surface area (Å²) >= 11 is 5.87. The lowest BCUT2D eigenvalue weighted by molar-refractivity contribution is -0.133. The molecule has 1 aromatic heterocycles. The molecule has 1 aliphatic rings. The number of hydrogen-bond donors (Lipinski definition) is 1. The maximum absolute atomic E-state index is 12.4. The number of nitrogens with zero attached hydrogens (tertiary/aromatic N) is 2. The van der Waals surface area contributed by atoms with Crippen molar-refractivity contribution in [3.05, 3.63) is 41.2 Å². The van der Waals surface area contributed by atoms with Crippen molar-refractivity contribution in [3.8, 4) is 11.5 Å². The number of halogens is 2. The molecule has 23 heavy (non-hydrogen) atoms. The zero-order valence-electron chi connectivity index (χ0n) is 12.8. The quantitative estimate of drug-likeness (QED) is 0.919. The van der Waals surface area contributed by atoms with E-state index in [2.05, 4.69) is 10.3 Å². The maximum atomic E-state index is 12.4. The minimum atomic E-state index is 0. The molecule has 1 N–H and O–H groups in total. The highest BCUT2D eigenvalue weighted by molar-refractivity contribution is 6.30. The summed E-state index contributed by atoms with van der Waals surface area (Å²) in [6.07, 6.45) is 1.82. The first-order valence-corrected chi connectivity index (χ1v) is 7.72. The van der Waals surface area contributed by atoms with Gasteiger partial charge in [-0.05, 0) is 31.2 Å².